The lowest BCUT2D eigenvalue weighted by molar-refractivity contribution is -0.118. The number of thiazole rings is 1. The molecule has 0 aliphatic rings. The molecule has 0 radical (unpaired) electrons. The number of amides is 1. The van der Waals surface area contributed by atoms with Crippen LogP contribution < -0.4 is 5.32 Å². The minimum atomic E-state index is -0.491. The first kappa shape index (κ1) is 13.5. The van der Waals surface area contributed by atoms with E-state index in [9.17, 15) is 4.79 Å². The summed E-state index contributed by atoms with van der Waals surface area (Å²) in [7, 11) is 0. The molecule has 0 aliphatic heterocycles. The number of carbonyl (C=O) groups is 1. The van der Waals surface area contributed by atoms with Gasteiger partial charge in [0.05, 0.1) is 22.6 Å². The molecule has 0 fully saturated rings. The van der Waals surface area contributed by atoms with Crippen LogP contribution in [0.1, 0.15) is 17.6 Å². The SMILES string of the molecule is Cc1nc(CSCC(=O)NC[C@@H](C)O)cs1. The molecule has 1 aromatic rings. The van der Waals surface area contributed by atoms with Gasteiger partial charge in [0.25, 0.3) is 0 Å². The number of hydrogen-bond donors (Lipinski definition) is 2. The van der Waals surface area contributed by atoms with E-state index in [1.54, 1.807) is 18.3 Å². The third-order valence-corrected chi connectivity index (χ3v) is 3.53. The summed E-state index contributed by atoms with van der Waals surface area (Å²) in [5.74, 6) is 1.12. The molecular formula is C10H16N2O2S2. The van der Waals surface area contributed by atoms with Crippen molar-refractivity contribution in [2.24, 2.45) is 0 Å². The van der Waals surface area contributed by atoms with E-state index in [4.69, 9.17) is 5.11 Å². The first-order chi connectivity index (χ1) is 7.58. The highest BCUT2D eigenvalue weighted by atomic mass is 32.2. The molecule has 1 atom stereocenters. The summed E-state index contributed by atoms with van der Waals surface area (Å²) in [4.78, 5) is 15.6. The second-order valence-corrected chi connectivity index (χ2v) is 5.55. The van der Waals surface area contributed by atoms with Crippen molar-refractivity contribution in [2.45, 2.75) is 25.7 Å². The lowest BCUT2D eigenvalue weighted by Crippen LogP contribution is -2.31. The molecule has 2 N–H and O–H groups in total. The molecule has 0 aromatic carbocycles. The van der Waals surface area contributed by atoms with Crippen molar-refractivity contribution < 1.29 is 9.90 Å². The minimum Gasteiger partial charge on any atom is -0.392 e. The monoisotopic (exact) mass is 260 g/mol. The second-order valence-electron chi connectivity index (χ2n) is 3.50. The Bertz CT molecular complexity index is 339. The Morgan fingerprint density at radius 2 is 2.50 bits per heavy atom. The first-order valence-electron chi connectivity index (χ1n) is 5.01. The predicted octanol–water partition coefficient (Wildman–Crippen LogP) is 1.18. The maximum Gasteiger partial charge on any atom is 0.230 e. The maximum absolute atomic E-state index is 11.3. The van der Waals surface area contributed by atoms with Gasteiger partial charge in [-0.05, 0) is 13.8 Å². The van der Waals surface area contributed by atoms with E-state index in [2.05, 4.69) is 10.3 Å². The number of nitrogens with one attached hydrogen (secondary N) is 1. The summed E-state index contributed by atoms with van der Waals surface area (Å²) in [5.41, 5.74) is 1.02. The standard InChI is InChI=1S/C10H16N2O2S2/c1-7(13)3-11-10(14)6-15-4-9-5-16-8(2)12-9/h5,7,13H,3-4,6H2,1-2H3,(H,11,14)/t7-/m1/s1. The molecule has 0 unspecified atom stereocenters. The fourth-order valence-corrected chi connectivity index (χ4v) is 2.50. The molecule has 1 heterocycles. The molecule has 1 amide bonds. The van der Waals surface area contributed by atoms with Gasteiger partial charge >= 0.3 is 0 Å². The smallest absolute Gasteiger partial charge is 0.230 e. The quantitative estimate of drug-likeness (QED) is 0.806. The fraction of sp³-hybridized carbons (Fsp3) is 0.600. The van der Waals surface area contributed by atoms with Crippen molar-refractivity contribution >= 4 is 29.0 Å². The molecule has 4 nitrogen and oxygen atoms in total. The van der Waals surface area contributed by atoms with Crippen LogP contribution in [-0.2, 0) is 10.5 Å². The molecule has 0 spiro atoms. The van der Waals surface area contributed by atoms with Crippen LogP contribution in [0, 0.1) is 6.92 Å². The van der Waals surface area contributed by atoms with Gasteiger partial charge in [-0.25, -0.2) is 4.98 Å². The molecule has 90 valence electrons. The van der Waals surface area contributed by atoms with Crippen LogP contribution in [0.25, 0.3) is 0 Å². The average Bonchev–Trinajstić information content (AvgIpc) is 2.61. The molecule has 0 saturated carbocycles. The third kappa shape index (κ3) is 5.48. The normalized spacial score (nSPS) is 12.4. The zero-order chi connectivity index (χ0) is 12.0. The van der Waals surface area contributed by atoms with Gasteiger partial charge in [-0.3, -0.25) is 4.79 Å². The molecule has 1 rings (SSSR count). The number of hydrogen-bond acceptors (Lipinski definition) is 5. The largest absolute Gasteiger partial charge is 0.392 e. The molecule has 16 heavy (non-hydrogen) atoms. The topological polar surface area (TPSA) is 62.2 Å². The van der Waals surface area contributed by atoms with Crippen molar-refractivity contribution in [1.82, 2.24) is 10.3 Å². The van der Waals surface area contributed by atoms with Crippen LogP contribution in [0.15, 0.2) is 5.38 Å². The first-order valence-corrected chi connectivity index (χ1v) is 7.05. The Morgan fingerprint density at radius 3 is 3.06 bits per heavy atom. The zero-order valence-corrected chi connectivity index (χ0v) is 11.0. The number of thioether (sulfide) groups is 1. The minimum absolute atomic E-state index is 0.0437. The van der Waals surface area contributed by atoms with Gasteiger partial charge in [-0.1, -0.05) is 0 Å². The molecule has 0 bridgehead atoms. The number of aromatic nitrogens is 1. The van der Waals surface area contributed by atoms with E-state index < -0.39 is 6.10 Å². The van der Waals surface area contributed by atoms with E-state index in [0.717, 1.165) is 16.5 Å². The summed E-state index contributed by atoms with van der Waals surface area (Å²) in [6, 6.07) is 0. The van der Waals surface area contributed by atoms with Gasteiger partial charge in [0.15, 0.2) is 0 Å². The molecular weight excluding hydrogens is 244 g/mol. The number of aliphatic hydroxyl groups is 1. The number of carbonyl (C=O) groups excluding carboxylic acids is 1. The van der Waals surface area contributed by atoms with E-state index in [1.165, 1.54) is 11.8 Å². The van der Waals surface area contributed by atoms with E-state index in [1.807, 2.05) is 12.3 Å². The summed E-state index contributed by atoms with van der Waals surface area (Å²) in [6.07, 6.45) is -0.491. The predicted molar refractivity (Wildman–Crippen MR) is 67.7 cm³/mol. The molecule has 6 heteroatoms. The highest BCUT2D eigenvalue weighted by Crippen LogP contribution is 2.14. The molecule has 1 aromatic heterocycles. The number of aryl methyl sites for hydroxylation is 1. The lowest BCUT2D eigenvalue weighted by atomic mass is 10.4. The van der Waals surface area contributed by atoms with Crippen LogP contribution in [-0.4, -0.2) is 34.4 Å². The summed E-state index contributed by atoms with van der Waals surface area (Å²) >= 11 is 3.15. The van der Waals surface area contributed by atoms with Crippen molar-refractivity contribution in [3.05, 3.63) is 16.1 Å². The number of nitrogens with zero attached hydrogens (tertiary/aromatic N) is 1. The van der Waals surface area contributed by atoms with Crippen molar-refractivity contribution in [3.63, 3.8) is 0 Å². The van der Waals surface area contributed by atoms with Gasteiger partial charge in [0.1, 0.15) is 0 Å². The van der Waals surface area contributed by atoms with Crippen molar-refractivity contribution in [1.29, 1.82) is 0 Å². The van der Waals surface area contributed by atoms with Crippen LogP contribution in [0.4, 0.5) is 0 Å². The summed E-state index contributed by atoms with van der Waals surface area (Å²) in [5, 5.41) is 14.7. The molecule has 0 saturated heterocycles. The fourth-order valence-electron chi connectivity index (χ4n) is 1.04. The lowest BCUT2D eigenvalue weighted by Gasteiger charge is -2.06. The Morgan fingerprint density at radius 1 is 1.75 bits per heavy atom. The van der Waals surface area contributed by atoms with Gasteiger partial charge in [0, 0.05) is 17.7 Å². The van der Waals surface area contributed by atoms with E-state index in [0.29, 0.717) is 12.3 Å². The average molecular weight is 260 g/mol. The van der Waals surface area contributed by atoms with E-state index >= 15 is 0 Å². The van der Waals surface area contributed by atoms with Gasteiger partial charge in [-0.15, -0.1) is 23.1 Å². The molecule has 0 aliphatic carbocycles. The van der Waals surface area contributed by atoms with E-state index in [-0.39, 0.29) is 5.91 Å². The Balaban J connectivity index is 2.13. The van der Waals surface area contributed by atoms with Gasteiger partial charge in [-0.2, -0.15) is 0 Å². The van der Waals surface area contributed by atoms with Crippen LogP contribution in [0.3, 0.4) is 0 Å². The number of rotatable bonds is 6. The second kappa shape index (κ2) is 6.88. The Labute approximate surface area is 103 Å². The van der Waals surface area contributed by atoms with Gasteiger partial charge < -0.3 is 10.4 Å². The van der Waals surface area contributed by atoms with Gasteiger partial charge in [0.2, 0.25) is 5.91 Å². The Hall–Kier alpha value is -0.590. The number of aliphatic hydroxyl groups excluding tert-OH is 1. The van der Waals surface area contributed by atoms with Crippen LogP contribution >= 0.6 is 23.1 Å². The van der Waals surface area contributed by atoms with Crippen LogP contribution in [0.2, 0.25) is 0 Å². The zero-order valence-electron chi connectivity index (χ0n) is 9.40. The van der Waals surface area contributed by atoms with Crippen molar-refractivity contribution in [2.75, 3.05) is 12.3 Å². The Kier molecular flexibility index (Phi) is 5.79. The summed E-state index contributed by atoms with van der Waals surface area (Å²) in [6.45, 7) is 3.93. The van der Waals surface area contributed by atoms with Crippen molar-refractivity contribution in [3.8, 4) is 0 Å². The third-order valence-electron chi connectivity index (χ3n) is 1.74. The highest BCUT2D eigenvalue weighted by Gasteiger charge is 2.04. The maximum atomic E-state index is 11.3. The summed E-state index contributed by atoms with van der Waals surface area (Å²) < 4.78 is 0. The van der Waals surface area contributed by atoms with Crippen LogP contribution in [0.5, 0.6) is 0 Å². The highest BCUT2D eigenvalue weighted by molar-refractivity contribution is 7.99.